The van der Waals surface area contributed by atoms with Gasteiger partial charge in [-0.2, -0.15) is 5.10 Å². The molecule has 162 valence electrons. The van der Waals surface area contributed by atoms with Gasteiger partial charge in [0.2, 0.25) is 11.8 Å². The maximum absolute atomic E-state index is 13.0. The summed E-state index contributed by atoms with van der Waals surface area (Å²) >= 11 is 6.90. The molecule has 1 aromatic carbocycles. The van der Waals surface area contributed by atoms with E-state index in [4.69, 9.17) is 18.0 Å². The van der Waals surface area contributed by atoms with Gasteiger partial charge in [-0.05, 0) is 67.7 Å². The van der Waals surface area contributed by atoms with Crippen molar-refractivity contribution in [1.82, 2.24) is 19.7 Å². The third kappa shape index (κ3) is 4.60. The summed E-state index contributed by atoms with van der Waals surface area (Å²) in [7, 11) is 0. The van der Waals surface area contributed by atoms with Crippen LogP contribution in [0.1, 0.15) is 31.4 Å². The zero-order chi connectivity index (χ0) is 22.0. The van der Waals surface area contributed by atoms with Crippen molar-refractivity contribution in [2.24, 2.45) is 5.73 Å². The van der Waals surface area contributed by atoms with Gasteiger partial charge in [-0.1, -0.05) is 18.2 Å². The molecule has 0 saturated carbocycles. The van der Waals surface area contributed by atoms with Crippen molar-refractivity contribution in [1.29, 1.82) is 0 Å². The van der Waals surface area contributed by atoms with Crippen LogP contribution < -0.4 is 11.1 Å². The molecular weight excluding hydrogens is 432 g/mol. The lowest BCUT2D eigenvalue weighted by atomic mass is 10.1. The minimum absolute atomic E-state index is 0.191. The van der Waals surface area contributed by atoms with Gasteiger partial charge in [0.1, 0.15) is 6.04 Å². The van der Waals surface area contributed by atoms with Crippen molar-refractivity contribution < 1.29 is 9.59 Å². The average Bonchev–Trinajstić information content (AvgIpc) is 3.48. The zero-order valence-corrected chi connectivity index (χ0v) is 18.7. The van der Waals surface area contributed by atoms with Crippen LogP contribution in [0.2, 0.25) is 0 Å². The first-order chi connectivity index (χ1) is 14.9. The van der Waals surface area contributed by atoms with Crippen molar-refractivity contribution in [3.8, 4) is 10.7 Å². The van der Waals surface area contributed by atoms with Gasteiger partial charge in [0.25, 0.3) is 0 Å². The average molecular weight is 457 g/mol. The van der Waals surface area contributed by atoms with Crippen LogP contribution in [-0.2, 0) is 16.1 Å². The first-order valence-electron chi connectivity index (χ1n) is 10.1. The second-order valence-electron chi connectivity index (χ2n) is 7.60. The van der Waals surface area contributed by atoms with Crippen molar-refractivity contribution in [2.75, 3.05) is 11.9 Å². The second-order valence-corrected chi connectivity index (χ2v) is 8.93. The topological polar surface area (TPSA) is 109 Å². The van der Waals surface area contributed by atoms with Crippen LogP contribution in [0.3, 0.4) is 0 Å². The van der Waals surface area contributed by atoms with Crippen LogP contribution in [0.5, 0.6) is 0 Å². The third-order valence-corrected chi connectivity index (χ3v) is 6.64. The molecule has 1 fully saturated rings. The number of aromatic nitrogens is 3. The Hall–Kier alpha value is -2.82. The quantitative estimate of drug-likeness (QED) is 0.473. The summed E-state index contributed by atoms with van der Waals surface area (Å²) < 4.78 is 2.12. The normalized spacial score (nSPS) is 17.5. The molecule has 31 heavy (non-hydrogen) atoms. The van der Waals surface area contributed by atoms with E-state index >= 15 is 0 Å². The minimum atomic E-state index is -0.551. The lowest BCUT2D eigenvalue weighted by Crippen LogP contribution is -2.39. The standard InChI is InChI=1S/C21H24N6O2S2/c1-13(27-19(24-25-21(27)30)17-8-4-10-31-17)20(29)23-15-6-2-5-14(11-15)12-26-9-3-7-16(26)18(22)28/h2,4-6,8,10-11,13,16H,3,7,9,12H2,1H3,(H2,22,28)(H,23,29)(H,25,30). The molecule has 1 saturated heterocycles. The Morgan fingerprint density at radius 2 is 2.23 bits per heavy atom. The van der Waals surface area contributed by atoms with E-state index in [2.05, 4.69) is 20.4 Å². The number of nitrogens with two attached hydrogens (primary N) is 1. The lowest BCUT2D eigenvalue weighted by Gasteiger charge is -2.22. The van der Waals surface area contributed by atoms with E-state index in [1.54, 1.807) is 11.5 Å². The number of nitrogens with zero attached hydrogens (tertiary/aromatic N) is 3. The summed E-state index contributed by atoms with van der Waals surface area (Å²) in [5.74, 6) is 0.167. The molecule has 2 unspecified atom stereocenters. The number of amides is 2. The third-order valence-electron chi connectivity index (χ3n) is 5.49. The highest BCUT2D eigenvalue weighted by Gasteiger charge is 2.29. The molecule has 2 amide bonds. The van der Waals surface area contributed by atoms with Crippen LogP contribution in [0.25, 0.3) is 10.7 Å². The lowest BCUT2D eigenvalue weighted by molar-refractivity contribution is -0.122. The molecule has 2 aromatic heterocycles. The fraction of sp³-hybridized carbons (Fsp3) is 0.333. The molecule has 3 heterocycles. The molecule has 0 bridgehead atoms. The predicted octanol–water partition coefficient (Wildman–Crippen LogP) is 3.32. The van der Waals surface area contributed by atoms with E-state index in [9.17, 15) is 9.59 Å². The fourth-order valence-electron chi connectivity index (χ4n) is 3.93. The molecule has 4 N–H and O–H groups in total. The number of likely N-dealkylation sites (tertiary alicyclic amines) is 1. The first-order valence-corrected chi connectivity index (χ1v) is 11.4. The molecule has 1 aliphatic rings. The number of rotatable bonds is 7. The summed E-state index contributed by atoms with van der Waals surface area (Å²) in [6.45, 7) is 3.25. The second kappa shape index (κ2) is 9.13. The van der Waals surface area contributed by atoms with Gasteiger partial charge in [0.15, 0.2) is 10.6 Å². The van der Waals surface area contributed by atoms with Gasteiger partial charge < -0.3 is 11.1 Å². The monoisotopic (exact) mass is 456 g/mol. The Balaban J connectivity index is 1.48. The van der Waals surface area contributed by atoms with Gasteiger partial charge in [0, 0.05) is 12.2 Å². The van der Waals surface area contributed by atoms with Gasteiger partial charge in [-0.15, -0.1) is 11.3 Å². The number of thiophene rings is 1. The van der Waals surface area contributed by atoms with Crippen LogP contribution >= 0.6 is 23.6 Å². The van der Waals surface area contributed by atoms with E-state index in [1.165, 1.54) is 11.3 Å². The molecule has 0 radical (unpaired) electrons. The van der Waals surface area contributed by atoms with Gasteiger partial charge in [0.05, 0.1) is 10.9 Å². The summed E-state index contributed by atoms with van der Waals surface area (Å²) in [6, 6.07) is 10.7. The molecule has 2 atom stereocenters. The van der Waals surface area contributed by atoms with E-state index in [-0.39, 0.29) is 17.9 Å². The minimum Gasteiger partial charge on any atom is -0.368 e. The van der Waals surface area contributed by atoms with Crippen LogP contribution in [0.4, 0.5) is 5.69 Å². The number of carbonyl (C=O) groups excluding carboxylic acids is 2. The largest absolute Gasteiger partial charge is 0.368 e. The van der Waals surface area contributed by atoms with Crippen molar-refractivity contribution in [2.45, 2.75) is 38.4 Å². The van der Waals surface area contributed by atoms with Crippen LogP contribution in [0, 0.1) is 4.77 Å². The number of hydrogen-bond acceptors (Lipinski definition) is 6. The fourth-order valence-corrected chi connectivity index (χ4v) is 4.93. The van der Waals surface area contributed by atoms with Crippen LogP contribution in [0.15, 0.2) is 41.8 Å². The number of nitrogens with one attached hydrogen (secondary N) is 2. The molecule has 0 spiro atoms. The number of hydrogen-bond donors (Lipinski definition) is 3. The molecule has 8 nitrogen and oxygen atoms in total. The van der Waals surface area contributed by atoms with Crippen molar-refractivity contribution in [3.05, 3.63) is 52.1 Å². The smallest absolute Gasteiger partial charge is 0.247 e. The van der Waals surface area contributed by atoms with Gasteiger partial charge in [-0.25, -0.2) is 0 Å². The molecule has 3 aromatic rings. The summed E-state index contributed by atoms with van der Waals surface area (Å²) in [4.78, 5) is 27.7. The Morgan fingerprint density at radius 1 is 1.39 bits per heavy atom. The number of anilines is 1. The molecule has 1 aliphatic heterocycles. The van der Waals surface area contributed by atoms with E-state index in [0.29, 0.717) is 22.8 Å². The number of H-pyrrole nitrogens is 1. The number of benzene rings is 1. The van der Waals surface area contributed by atoms with Gasteiger partial charge in [-0.3, -0.25) is 24.2 Å². The van der Waals surface area contributed by atoms with Gasteiger partial charge >= 0.3 is 0 Å². The van der Waals surface area contributed by atoms with E-state index < -0.39 is 6.04 Å². The predicted molar refractivity (Wildman–Crippen MR) is 123 cm³/mol. The molecular formula is C21H24N6O2S2. The summed E-state index contributed by atoms with van der Waals surface area (Å²) in [5, 5.41) is 12.0. The highest BCUT2D eigenvalue weighted by atomic mass is 32.1. The first kappa shape index (κ1) is 21.4. The maximum Gasteiger partial charge on any atom is 0.247 e. The Labute approximate surface area is 189 Å². The highest BCUT2D eigenvalue weighted by molar-refractivity contribution is 7.71. The van der Waals surface area contributed by atoms with Crippen molar-refractivity contribution in [3.63, 3.8) is 0 Å². The number of carbonyl (C=O) groups is 2. The SMILES string of the molecule is CC(C(=O)Nc1cccc(CN2CCCC2C(N)=O)c1)n1c(-c2cccs2)n[nH]c1=S. The zero-order valence-electron chi connectivity index (χ0n) is 17.1. The molecule has 4 rings (SSSR count). The number of primary amides is 1. The summed E-state index contributed by atoms with van der Waals surface area (Å²) in [6.07, 6.45) is 1.75. The highest BCUT2D eigenvalue weighted by Crippen LogP contribution is 2.26. The molecule has 0 aliphatic carbocycles. The van der Waals surface area contributed by atoms with E-state index in [0.717, 1.165) is 29.8 Å². The van der Waals surface area contributed by atoms with Crippen molar-refractivity contribution >= 4 is 41.1 Å². The maximum atomic E-state index is 13.0. The molecule has 10 heteroatoms. The van der Waals surface area contributed by atoms with E-state index in [1.807, 2.05) is 41.8 Å². The Bertz CT molecular complexity index is 1140. The number of aromatic amines is 1. The Morgan fingerprint density at radius 3 is 2.97 bits per heavy atom. The van der Waals surface area contributed by atoms with Crippen LogP contribution in [-0.4, -0.2) is 44.1 Å². The Kier molecular flexibility index (Phi) is 6.30. The summed E-state index contributed by atoms with van der Waals surface area (Å²) in [5.41, 5.74) is 7.22.